The minimum absolute atomic E-state index is 0.220. The van der Waals surface area contributed by atoms with E-state index in [1.165, 1.54) is 46.9 Å². The summed E-state index contributed by atoms with van der Waals surface area (Å²) >= 11 is 3.39. The summed E-state index contributed by atoms with van der Waals surface area (Å²) in [6, 6.07) is 0. The van der Waals surface area contributed by atoms with Gasteiger partial charge in [-0.05, 0) is 62.3 Å². The van der Waals surface area contributed by atoms with Gasteiger partial charge in [0.25, 0.3) is 0 Å². The van der Waals surface area contributed by atoms with E-state index in [4.69, 9.17) is 4.98 Å². The molecule has 31 heavy (non-hydrogen) atoms. The number of hydrogen-bond acceptors (Lipinski definition) is 6. The van der Waals surface area contributed by atoms with Gasteiger partial charge in [-0.2, -0.15) is 0 Å². The van der Waals surface area contributed by atoms with Crippen molar-refractivity contribution in [3.05, 3.63) is 16.3 Å². The van der Waals surface area contributed by atoms with Gasteiger partial charge in [0.2, 0.25) is 5.91 Å². The molecule has 8 heteroatoms. The van der Waals surface area contributed by atoms with E-state index in [-0.39, 0.29) is 5.91 Å². The summed E-state index contributed by atoms with van der Waals surface area (Å²) in [5, 5.41) is 11.3. The van der Waals surface area contributed by atoms with Crippen LogP contribution in [0.2, 0.25) is 0 Å². The molecule has 1 amide bonds. The van der Waals surface area contributed by atoms with Crippen LogP contribution in [0.5, 0.6) is 0 Å². The highest BCUT2D eigenvalue weighted by Gasteiger charge is 2.32. The van der Waals surface area contributed by atoms with E-state index in [1.54, 1.807) is 0 Å². The highest BCUT2D eigenvalue weighted by molar-refractivity contribution is 7.99. The molecule has 3 aliphatic rings. The van der Waals surface area contributed by atoms with Crippen molar-refractivity contribution < 1.29 is 4.79 Å². The first-order valence-electron chi connectivity index (χ1n) is 11.7. The Morgan fingerprint density at radius 3 is 2.68 bits per heavy atom. The number of thioether (sulfide) groups is 1. The third-order valence-corrected chi connectivity index (χ3v) is 9.26. The summed E-state index contributed by atoms with van der Waals surface area (Å²) in [5.74, 6) is 3.72. The van der Waals surface area contributed by atoms with Crippen molar-refractivity contribution >= 4 is 44.9 Å². The molecule has 6 rings (SSSR count). The number of aromatic nitrogens is 4. The largest absolute Gasteiger partial charge is 0.342 e. The third-order valence-electron chi connectivity index (χ3n) is 7.20. The summed E-state index contributed by atoms with van der Waals surface area (Å²) in [4.78, 5) is 22.6. The lowest BCUT2D eigenvalue weighted by atomic mass is 9.89. The van der Waals surface area contributed by atoms with E-state index in [9.17, 15) is 4.79 Å². The van der Waals surface area contributed by atoms with Crippen LogP contribution < -0.4 is 0 Å². The second-order valence-electron chi connectivity index (χ2n) is 9.77. The molecule has 3 aromatic rings. The Morgan fingerprint density at radius 2 is 1.90 bits per heavy atom. The number of aryl methyl sites for hydroxylation is 1. The molecule has 2 aliphatic carbocycles. The number of carbonyl (C=O) groups is 1. The monoisotopic (exact) mass is 455 g/mol. The van der Waals surface area contributed by atoms with E-state index < -0.39 is 0 Å². The molecule has 1 unspecified atom stereocenters. The Hall–Kier alpha value is -1.67. The number of piperidine rings is 1. The SMILES string of the molecule is CC1CCN(C(=O)CSc2nnc3c4c5c(sc4nc(C4CC4)n23)CC(C)CC5)CC1. The maximum absolute atomic E-state index is 12.8. The van der Waals surface area contributed by atoms with Crippen LogP contribution >= 0.6 is 23.1 Å². The van der Waals surface area contributed by atoms with E-state index in [0.29, 0.717) is 11.7 Å². The third kappa shape index (κ3) is 3.55. The lowest BCUT2D eigenvalue weighted by molar-refractivity contribution is -0.129. The first-order valence-corrected chi connectivity index (χ1v) is 13.5. The summed E-state index contributed by atoms with van der Waals surface area (Å²) in [6.07, 6.45) is 8.08. The number of thiophene rings is 1. The zero-order valence-corrected chi connectivity index (χ0v) is 19.9. The molecule has 2 fully saturated rings. The Bertz CT molecular complexity index is 1160. The van der Waals surface area contributed by atoms with Crippen LogP contribution in [0, 0.1) is 11.8 Å². The fourth-order valence-corrected chi connectivity index (χ4v) is 7.25. The Kier molecular flexibility index (Phi) is 4.98. The van der Waals surface area contributed by atoms with Crippen LogP contribution in [0.1, 0.15) is 68.1 Å². The van der Waals surface area contributed by atoms with Crippen molar-refractivity contribution in [2.24, 2.45) is 11.8 Å². The van der Waals surface area contributed by atoms with Gasteiger partial charge in [0.1, 0.15) is 10.7 Å². The maximum Gasteiger partial charge on any atom is 0.233 e. The molecule has 1 atom stereocenters. The number of rotatable bonds is 4. The zero-order valence-electron chi connectivity index (χ0n) is 18.3. The molecule has 0 radical (unpaired) electrons. The quantitative estimate of drug-likeness (QED) is 0.534. The molecule has 0 spiro atoms. The standard InChI is InChI=1S/C23H29N5OS2/c1-13-7-9-27(10-8-13)18(29)12-30-23-26-25-21-19-16-6-3-14(2)11-17(16)31-22(19)24-20(28(21)23)15-4-5-15/h13-15H,3-12H2,1-2H3. The predicted molar refractivity (Wildman–Crippen MR) is 125 cm³/mol. The van der Waals surface area contributed by atoms with Crippen molar-refractivity contribution in [2.45, 2.75) is 69.9 Å². The zero-order chi connectivity index (χ0) is 21.1. The molecule has 0 aromatic carbocycles. The number of nitrogens with zero attached hydrogens (tertiary/aromatic N) is 5. The van der Waals surface area contributed by atoms with Gasteiger partial charge in [0.05, 0.1) is 11.1 Å². The van der Waals surface area contributed by atoms with Gasteiger partial charge >= 0.3 is 0 Å². The van der Waals surface area contributed by atoms with Gasteiger partial charge in [-0.25, -0.2) is 4.98 Å². The van der Waals surface area contributed by atoms with E-state index >= 15 is 0 Å². The van der Waals surface area contributed by atoms with Gasteiger partial charge in [-0.3, -0.25) is 9.20 Å². The predicted octanol–water partition coefficient (Wildman–Crippen LogP) is 4.69. The number of hydrogen-bond donors (Lipinski definition) is 0. The number of amides is 1. The van der Waals surface area contributed by atoms with Gasteiger partial charge < -0.3 is 4.90 Å². The summed E-state index contributed by atoms with van der Waals surface area (Å²) in [6.45, 7) is 6.39. The number of fused-ring (bicyclic) bond motifs is 5. The summed E-state index contributed by atoms with van der Waals surface area (Å²) in [5.41, 5.74) is 2.40. The first-order chi connectivity index (χ1) is 15.1. The maximum atomic E-state index is 12.8. The van der Waals surface area contributed by atoms with E-state index in [2.05, 4.69) is 28.4 Å². The molecule has 4 heterocycles. The van der Waals surface area contributed by atoms with E-state index in [1.807, 2.05) is 16.2 Å². The van der Waals surface area contributed by atoms with E-state index in [0.717, 1.165) is 72.1 Å². The normalized spacial score (nSPS) is 22.4. The van der Waals surface area contributed by atoms with Crippen LogP contribution in [-0.4, -0.2) is 49.2 Å². The number of likely N-dealkylation sites (tertiary alicyclic amines) is 1. The molecule has 1 saturated heterocycles. The molecule has 6 nitrogen and oxygen atoms in total. The fourth-order valence-electron chi connectivity index (χ4n) is 5.02. The van der Waals surface area contributed by atoms with Crippen LogP contribution in [0.25, 0.3) is 15.9 Å². The van der Waals surface area contributed by atoms with Crippen LogP contribution in [0.3, 0.4) is 0 Å². The first kappa shape index (κ1) is 20.0. The molecular formula is C23H29N5OS2. The molecule has 0 bridgehead atoms. The van der Waals surface area contributed by atoms with Gasteiger partial charge in [-0.15, -0.1) is 21.5 Å². The molecular weight excluding hydrogens is 426 g/mol. The minimum atomic E-state index is 0.220. The Morgan fingerprint density at radius 1 is 1.10 bits per heavy atom. The highest BCUT2D eigenvalue weighted by atomic mass is 32.2. The van der Waals surface area contributed by atoms with Crippen molar-refractivity contribution in [3.8, 4) is 0 Å². The molecule has 0 N–H and O–H groups in total. The lowest BCUT2D eigenvalue weighted by Crippen LogP contribution is -2.38. The van der Waals surface area contributed by atoms with Crippen LogP contribution in [0.4, 0.5) is 0 Å². The van der Waals surface area contributed by atoms with Crippen LogP contribution in [0.15, 0.2) is 5.16 Å². The van der Waals surface area contributed by atoms with Crippen molar-refractivity contribution in [1.29, 1.82) is 0 Å². The van der Waals surface area contributed by atoms with Crippen LogP contribution in [-0.2, 0) is 17.6 Å². The van der Waals surface area contributed by atoms with Crippen molar-refractivity contribution in [3.63, 3.8) is 0 Å². The number of carbonyl (C=O) groups excluding carboxylic acids is 1. The van der Waals surface area contributed by atoms with Gasteiger partial charge in [0.15, 0.2) is 10.8 Å². The summed E-state index contributed by atoms with van der Waals surface area (Å²) < 4.78 is 2.18. The van der Waals surface area contributed by atoms with Gasteiger partial charge in [0, 0.05) is 23.9 Å². The Labute approximate surface area is 190 Å². The Balaban J connectivity index is 1.35. The van der Waals surface area contributed by atoms with Crippen molar-refractivity contribution in [1.82, 2.24) is 24.5 Å². The second-order valence-corrected chi connectivity index (χ2v) is 11.8. The fraction of sp³-hybridized carbons (Fsp3) is 0.652. The molecule has 3 aromatic heterocycles. The average molecular weight is 456 g/mol. The average Bonchev–Trinajstić information content (AvgIpc) is 3.42. The van der Waals surface area contributed by atoms with Crippen molar-refractivity contribution in [2.75, 3.05) is 18.8 Å². The topological polar surface area (TPSA) is 63.4 Å². The lowest BCUT2D eigenvalue weighted by Gasteiger charge is -2.30. The molecule has 1 aliphatic heterocycles. The summed E-state index contributed by atoms with van der Waals surface area (Å²) in [7, 11) is 0. The molecule has 1 saturated carbocycles. The molecule has 164 valence electrons. The second kappa shape index (κ2) is 7.73. The highest BCUT2D eigenvalue weighted by Crippen LogP contribution is 2.44. The van der Waals surface area contributed by atoms with Gasteiger partial charge in [-0.1, -0.05) is 25.6 Å². The smallest absolute Gasteiger partial charge is 0.233 e. The minimum Gasteiger partial charge on any atom is -0.342 e.